The summed E-state index contributed by atoms with van der Waals surface area (Å²) in [5.74, 6) is 1.31. The maximum atomic E-state index is 11.1. The fourth-order valence-electron chi connectivity index (χ4n) is 4.30. The van der Waals surface area contributed by atoms with Crippen LogP contribution in [0.3, 0.4) is 0 Å². The quantitative estimate of drug-likeness (QED) is 0.203. The maximum Gasteiger partial charge on any atom is 0.265 e. The molecule has 0 fully saturated rings. The van der Waals surface area contributed by atoms with Crippen molar-refractivity contribution in [1.29, 1.82) is 0 Å². The Balaban J connectivity index is 0.000000158. The van der Waals surface area contributed by atoms with Crippen molar-refractivity contribution >= 4 is 64.1 Å². The second-order valence-corrected chi connectivity index (χ2v) is 10.4. The first kappa shape index (κ1) is 27.1. The summed E-state index contributed by atoms with van der Waals surface area (Å²) in [6.45, 7) is 7.07. The average molecular weight is 606 g/mol. The Labute approximate surface area is 242 Å². The minimum atomic E-state index is 0.0411. The van der Waals surface area contributed by atoms with Gasteiger partial charge in [0.1, 0.15) is 28.6 Å². The third-order valence-corrected chi connectivity index (χ3v) is 7.23. The molecular formula is C27H20Cl4N4O4. The number of aryl methyl sites for hydroxylation is 4. The highest BCUT2D eigenvalue weighted by molar-refractivity contribution is 6.37. The summed E-state index contributed by atoms with van der Waals surface area (Å²) < 4.78 is 14.4. The highest BCUT2D eigenvalue weighted by Crippen LogP contribution is 2.37. The van der Waals surface area contributed by atoms with E-state index in [9.17, 15) is 9.90 Å². The lowest BCUT2D eigenvalue weighted by Crippen LogP contribution is -1.91. The molecular weight excluding hydrogens is 586 g/mol. The lowest BCUT2D eigenvalue weighted by molar-refractivity contribution is 0.112. The van der Waals surface area contributed by atoms with Crippen molar-refractivity contribution in [3.8, 4) is 28.3 Å². The van der Waals surface area contributed by atoms with Crippen molar-refractivity contribution in [3.05, 3.63) is 85.0 Å². The Kier molecular flexibility index (Phi) is 7.15. The van der Waals surface area contributed by atoms with E-state index < -0.39 is 0 Å². The van der Waals surface area contributed by atoms with Crippen LogP contribution >= 0.6 is 46.4 Å². The monoisotopic (exact) mass is 604 g/mol. The molecule has 39 heavy (non-hydrogen) atoms. The van der Waals surface area contributed by atoms with Gasteiger partial charge >= 0.3 is 0 Å². The van der Waals surface area contributed by atoms with Gasteiger partial charge in [0.2, 0.25) is 11.5 Å². The van der Waals surface area contributed by atoms with Crippen LogP contribution in [0.2, 0.25) is 20.1 Å². The zero-order valence-electron chi connectivity index (χ0n) is 21.0. The fraction of sp³-hybridized carbons (Fsp3) is 0.148. The fourth-order valence-corrected chi connectivity index (χ4v) is 5.30. The van der Waals surface area contributed by atoms with E-state index in [-0.39, 0.29) is 5.75 Å². The number of hydrogen-bond acceptors (Lipinski definition) is 6. The topological polar surface area (TPSA) is 98.2 Å². The molecule has 0 amide bonds. The maximum absolute atomic E-state index is 11.1. The van der Waals surface area contributed by atoms with E-state index in [1.54, 1.807) is 73.1 Å². The molecule has 0 radical (unpaired) electrons. The zero-order valence-corrected chi connectivity index (χ0v) is 24.0. The van der Waals surface area contributed by atoms with Crippen LogP contribution in [-0.4, -0.2) is 30.6 Å². The second kappa shape index (κ2) is 10.3. The molecule has 8 nitrogen and oxygen atoms in total. The number of rotatable bonds is 3. The number of carbonyl (C=O) groups is 1. The molecule has 2 aromatic carbocycles. The number of aldehydes is 1. The van der Waals surface area contributed by atoms with Crippen LogP contribution in [0.4, 0.5) is 0 Å². The predicted molar refractivity (Wildman–Crippen MR) is 152 cm³/mol. The van der Waals surface area contributed by atoms with E-state index >= 15 is 0 Å². The van der Waals surface area contributed by atoms with Crippen LogP contribution in [0.25, 0.3) is 33.9 Å². The second-order valence-electron chi connectivity index (χ2n) is 8.75. The molecule has 0 saturated heterocycles. The molecule has 1 N–H and O–H groups in total. The zero-order chi connectivity index (χ0) is 28.2. The van der Waals surface area contributed by atoms with Crippen molar-refractivity contribution in [2.75, 3.05) is 0 Å². The number of aromatic nitrogens is 4. The Morgan fingerprint density at radius 1 is 0.744 bits per heavy atom. The SMILES string of the molecule is Cc1nn2c(-c3ccc(Cl)cc3Cl)c(C)oc2c1C=O.Cc1nn2c(-c3ccc(Cl)cc3Cl)c(C)oc2c1O. The van der Waals surface area contributed by atoms with E-state index in [0.717, 1.165) is 23.1 Å². The van der Waals surface area contributed by atoms with Gasteiger partial charge in [-0.15, -0.1) is 0 Å². The molecule has 4 heterocycles. The molecule has 0 bridgehead atoms. The molecule has 0 unspecified atom stereocenters. The van der Waals surface area contributed by atoms with E-state index in [4.69, 9.17) is 55.2 Å². The summed E-state index contributed by atoms with van der Waals surface area (Å²) in [6, 6.07) is 10.4. The number of hydrogen-bond donors (Lipinski definition) is 1. The van der Waals surface area contributed by atoms with Crippen LogP contribution < -0.4 is 0 Å². The molecule has 0 aliphatic rings. The Morgan fingerprint density at radius 2 is 1.21 bits per heavy atom. The molecule has 6 rings (SSSR count). The largest absolute Gasteiger partial charge is 0.502 e. The summed E-state index contributed by atoms with van der Waals surface area (Å²) in [4.78, 5) is 11.1. The summed E-state index contributed by atoms with van der Waals surface area (Å²) in [6.07, 6.45) is 0.744. The van der Waals surface area contributed by atoms with Crippen molar-refractivity contribution in [2.45, 2.75) is 27.7 Å². The summed E-state index contributed by atoms with van der Waals surface area (Å²) in [7, 11) is 0. The standard InChI is InChI=1S/C14H10Cl2N2O2.C13H10Cl2N2O2/c1-7-11(6-19)14-18(17-7)13(8(2)20-14)10-4-3-9(15)5-12(10)16;1-6-12(18)13-17(16-6)11(7(2)19-13)9-4-3-8(14)5-10(9)15/h3-6H,1-2H3;3-5,18H,1-2H3. The molecule has 0 aliphatic heterocycles. The minimum absolute atomic E-state index is 0.0411. The highest BCUT2D eigenvalue weighted by atomic mass is 35.5. The van der Waals surface area contributed by atoms with Gasteiger partial charge in [0.05, 0.1) is 21.3 Å². The number of aromatic hydroxyl groups is 1. The molecule has 0 spiro atoms. The van der Waals surface area contributed by atoms with E-state index in [1.165, 1.54) is 0 Å². The third kappa shape index (κ3) is 4.67. The smallest absolute Gasteiger partial charge is 0.265 e. The van der Waals surface area contributed by atoms with Gasteiger partial charge in [-0.2, -0.15) is 19.2 Å². The summed E-state index contributed by atoms with van der Waals surface area (Å²) in [5, 5.41) is 20.6. The predicted octanol–water partition coefficient (Wildman–Crippen LogP) is 8.55. The first-order valence-electron chi connectivity index (χ1n) is 11.5. The Bertz CT molecular complexity index is 1900. The van der Waals surface area contributed by atoms with Crippen molar-refractivity contribution in [3.63, 3.8) is 0 Å². The van der Waals surface area contributed by atoms with Crippen LogP contribution in [0.15, 0.2) is 45.2 Å². The van der Waals surface area contributed by atoms with E-state index in [1.807, 2.05) is 0 Å². The molecule has 0 atom stereocenters. The minimum Gasteiger partial charge on any atom is -0.502 e. The number of carbonyl (C=O) groups excluding carboxylic acids is 1. The van der Waals surface area contributed by atoms with Gasteiger partial charge in [0.15, 0.2) is 6.29 Å². The average Bonchev–Trinajstić information content (AvgIpc) is 3.54. The molecule has 12 heteroatoms. The summed E-state index contributed by atoms with van der Waals surface area (Å²) >= 11 is 24.3. The lowest BCUT2D eigenvalue weighted by Gasteiger charge is -2.03. The van der Waals surface area contributed by atoms with Gasteiger partial charge in [-0.25, -0.2) is 0 Å². The Morgan fingerprint density at radius 3 is 1.69 bits per heavy atom. The van der Waals surface area contributed by atoms with Gasteiger partial charge < -0.3 is 13.9 Å². The van der Waals surface area contributed by atoms with Crippen LogP contribution in [0.5, 0.6) is 5.75 Å². The number of fused-ring (bicyclic) bond motifs is 2. The molecule has 200 valence electrons. The van der Waals surface area contributed by atoms with Crippen LogP contribution in [0.1, 0.15) is 33.3 Å². The third-order valence-electron chi connectivity index (χ3n) is 6.13. The normalized spacial score (nSPS) is 11.3. The number of benzene rings is 2. The lowest BCUT2D eigenvalue weighted by atomic mass is 10.1. The molecule has 0 aliphatic carbocycles. The van der Waals surface area contributed by atoms with E-state index in [0.29, 0.717) is 65.7 Å². The van der Waals surface area contributed by atoms with Crippen molar-refractivity contribution in [2.24, 2.45) is 0 Å². The van der Waals surface area contributed by atoms with Gasteiger partial charge in [-0.05, 0) is 64.1 Å². The molecule has 6 aromatic rings. The first-order valence-corrected chi connectivity index (χ1v) is 13.0. The van der Waals surface area contributed by atoms with Gasteiger partial charge in [0.25, 0.3) is 5.71 Å². The molecule has 4 aromatic heterocycles. The van der Waals surface area contributed by atoms with E-state index in [2.05, 4.69) is 10.2 Å². The molecule has 0 saturated carbocycles. The number of oxazole rings is 2. The highest BCUT2D eigenvalue weighted by Gasteiger charge is 2.22. The number of halogens is 4. The van der Waals surface area contributed by atoms with Gasteiger partial charge in [-0.3, -0.25) is 4.79 Å². The van der Waals surface area contributed by atoms with Crippen LogP contribution in [0, 0.1) is 27.7 Å². The van der Waals surface area contributed by atoms with Gasteiger partial charge in [0, 0.05) is 21.2 Å². The van der Waals surface area contributed by atoms with Crippen LogP contribution in [-0.2, 0) is 0 Å². The van der Waals surface area contributed by atoms with Gasteiger partial charge in [-0.1, -0.05) is 46.4 Å². The summed E-state index contributed by atoms with van der Waals surface area (Å²) in [5.41, 5.74) is 5.25. The van der Waals surface area contributed by atoms with Crippen molar-refractivity contribution < 1.29 is 18.7 Å². The first-order chi connectivity index (χ1) is 18.5. The Hall–Kier alpha value is -3.43. The van der Waals surface area contributed by atoms with Crippen molar-refractivity contribution in [1.82, 2.24) is 19.2 Å². The number of nitrogens with zero attached hydrogens (tertiary/aromatic N) is 4.